The zero-order valence-electron chi connectivity index (χ0n) is 18.4. The largest absolute Gasteiger partial charge is 0.323 e. The molecule has 0 radical (unpaired) electrons. The van der Waals surface area contributed by atoms with Crippen molar-refractivity contribution in [1.29, 1.82) is 0 Å². The van der Waals surface area contributed by atoms with E-state index in [1.807, 2.05) is 36.0 Å². The first-order valence-corrected chi connectivity index (χ1v) is 11.4. The fourth-order valence-electron chi connectivity index (χ4n) is 4.85. The van der Waals surface area contributed by atoms with Crippen LogP contribution in [-0.4, -0.2) is 27.2 Å². The van der Waals surface area contributed by atoms with Crippen LogP contribution in [0.2, 0.25) is 0 Å². The predicted molar refractivity (Wildman–Crippen MR) is 123 cm³/mol. The molecule has 5 nitrogen and oxygen atoms in total. The van der Waals surface area contributed by atoms with Crippen molar-refractivity contribution in [2.75, 3.05) is 0 Å². The van der Waals surface area contributed by atoms with Gasteiger partial charge in [-0.2, -0.15) is 5.10 Å². The van der Waals surface area contributed by atoms with Gasteiger partial charge in [-0.1, -0.05) is 54.6 Å². The van der Waals surface area contributed by atoms with Gasteiger partial charge in [-0.15, -0.1) is 0 Å². The second-order valence-electron chi connectivity index (χ2n) is 9.27. The zero-order chi connectivity index (χ0) is 21.7. The predicted octanol–water partition coefficient (Wildman–Crippen LogP) is 5.49. The quantitative estimate of drug-likeness (QED) is 0.410. The van der Waals surface area contributed by atoms with E-state index >= 15 is 0 Å². The molecular formula is C27H27N3O2. The second-order valence-corrected chi connectivity index (χ2v) is 9.27. The molecule has 1 aliphatic heterocycles. The van der Waals surface area contributed by atoms with Crippen LogP contribution in [0.15, 0.2) is 73.1 Å². The van der Waals surface area contributed by atoms with Crippen molar-refractivity contribution in [1.82, 2.24) is 14.6 Å². The van der Waals surface area contributed by atoms with E-state index in [-0.39, 0.29) is 12.6 Å². The molecule has 6 rings (SSSR count). The molecule has 1 aliphatic carbocycles. The van der Waals surface area contributed by atoms with Crippen molar-refractivity contribution in [2.24, 2.45) is 0 Å². The van der Waals surface area contributed by atoms with Crippen LogP contribution in [-0.2, 0) is 21.3 Å². The molecule has 0 amide bonds. The second kappa shape index (κ2) is 7.54. The molecular weight excluding hydrogens is 398 g/mol. The first-order valence-electron chi connectivity index (χ1n) is 11.4. The Balaban J connectivity index is 1.42. The van der Waals surface area contributed by atoms with Crippen LogP contribution in [0, 0.1) is 0 Å². The van der Waals surface area contributed by atoms with Crippen LogP contribution >= 0.6 is 0 Å². The standard InChI is InChI=1S/C27H27N3O2/c1-18-31-26(32-18)27(2,16-19-6-4-3-5-7-19)24-14-15-28-25-23(17-29-30(24)25)22-12-10-21(11-13-22)20-8-9-20/h3-7,10-15,17-18,20,26H,8-9,16H2,1-2H3. The van der Waals surface area contributed by atoms with Gasteiger partial charge in [0.1, 0.15) is 0 Å². The number of hydrogen-bond donors (Lipinski definition) is 0. The highest BCUT2D eigenvalue weighted by Crippen LogP contribution is 2.42. The summed E-state index contributed by atoms with van der Waals surface area (Å²) in [5.74, 6) is 0.751. The van der Waals surface area contributed by atoms with Crippen molar-refractivity contribution >= 4 is 5.65 Å². The summed E-state index contributed by atoms with van der Waals surface area (Å²) in [5, 5.41) is 4.78. The summed E-state index contributed by atoms with van der Waals surface area (Å²) in [7, 11) is 0. The lowest BCUT2D eigenvalue weighted by molar-refractivity contribution is -0.396. The Kier molecular flexibility index (Phi) is 4.63. The zero-order valence-corrected chi connectivity index (χ0v) is 18.4. The molecule has 0 N–H and O–H groups in total. The molecule has 4 aromatic rings. The lowest BCUT2D eigenvalue weighted by Crippen LogP contribution is -2.53. The van der Waals surface area contributed by atoms with Gasteiger partial charge in [0.2, 0.25) is 0 Å². The van der Waals surface area contributed by atoms with E-state index in [9.17, 15) is 0 Å². The summed E-state index contributed by atoms with van der Waals surface area (Å²) >= 11 is 0. The minimum absolute atomic E-state index is 0.189. The molecule has 2 aromatic carbocycles. The summed E-state index contributed by atoms with van der Waals surface area (Å²) in [6.07, 6.45) is 6.66. The van der Waals surface area contributed by atoms with Crippen LogP contribution in [0.4, 0.5) is 0 Å². The van der Waals surface area contributed by atoms with Crippen LogP contribution in [0.1, 0.15) is 49.4 Å². The third kappa shape index (κ3) is 3.33. The number of benzene rings is 2. The summed E-state index contributed by atoms with van der Waals surface area (Å²) in [4.78, 5) is 4.71. The molecule has 162 valence electrons. The Labute approximate surface area is 188 Å². The minimum Gasteiger partial charge on any atom is -0.323 e. The molecule has 2 aromatic heterocycles. The Morgan fingerprint density at radius 3 is 2.44 bits per heavy atom. The number of rotatable bonds is 6. The molecule has 2 fully saturated rings. The number of fused-ring (bicyclic) bond motifs is 1. The fourth-order valence-corrected chi connectivity index (χ4v) is 4.85. The Morgan fingerprint density at radius 2 is 1.75 bits per heavy atom. The van der Waals surface area contributed by atoms with E-state index in [0.29, 0.717) is 0 Å². The first kappa shape index (κ1) is 19.6. The highest BCUT2D eigenvalue weighted by molar-refractivity contribution is 5.77. The number of hydrogen-bond acceptors (Lipinski definition) is 4. The molecule has 3 heterocycles. The van der Waals surface area contributed by atoms with E-state index in [2.05, 4.69) is 55.5 Å². The average Bonchev–Trinajstić information content (AvgIpc) is 3.56. The first-order chi connectivity index (χ1) is 15.6. The molecule has 0 bridgehead atoms. The fraction of sp³-hybridized carbons (Fsp3) is 0.333. The normalized spacial score (nSPS) is 22.4. The number of nitrogens with zero attached hydrogens (tertiary/aromatic N) is 3. The molecule has 2 aliphatic rings. The maximum absolute atomic E-state index is 6.03. The third-order valence-electron chi connectivity index (χ3n) is 6.82. The van der Waals surface area contributed by atoms with Crippen molar-refractivity contribution in [3.05, 3.63) is 89.9 Å². The van der Waals surface area contributed by atoms with Crippen LogP contribution in [0.3, 0.4) is 0 Å². The summed E-state index contributed by atoms with van der Waals surface area (Å²) < 4.78 is 14.0. The van der Waals surface area contributed by atoms with E-state index in [4.69, 9.17) is 19.6 Å². The van der Waals surface area contributed by atoms with Crippen LogP contribution in [0.5, 0.6) is 0 Å². The minimum atomic E-state index is -0.422. The highest BCUT2D eigenvalue weighted by atomic mass is 16.9. The molecule has 1 unspecified atom stereocenters. The molecule has 5 heteroatoms. The topological polar surface area (TPSA) is 48.7 Å². The molecule has 1 saturated heterocycles. The maximum atomic E-state index is 6.03. The molecule has 0 spiro atoms. The van der Waals surface area contributed by atoms with Gasteiger partial charge >= 0.3 is 0 Å². The highest BCUT2D eigenvalue weighted by Gasteiger charge is 2.47. The van der Waals surface area contributed by atoms with Gasteiger partial charge in [-0.3, -0.25) is 0 Å². The smallest absolute Gasteiger partial charge is 0.174 e. The van der Waals surface area contributed by atoms with Crippen molar-refractivity contribution in [3.8, 4) is 11.1 Å². The lowest BCUT2D eigenvalue weighted by Gasteiger charge is -2.45. The molecule has 1 atom stereocenters. The molecule has 1 saturated carbocycles. The summed E-state index contributed by atoms with van der Waals surface area (Å²) in [6.45, 7) is 4.12. The van der Waals surface area contributed by atoms with Gasteiger partial charge in [-0.05, 0) is 61.8 Å². The molecule has 32 heavy (non-hydrogen) atoms. The Morgan fingerprint density at radius 1 is 1.00 bits per heavy atom. The van der Waals surface area contributed by atoms with E-state index in [0.717, 1.165) is 34.8 Å². The van der Waals surface area contributed by atoms with Crippen LogP contribution < -0.4 is 0 Å². The Hall–Kier alpha value is -3.02. The number of ether oxygens (including phenoxy) is 2. The van der Waals surface area contributed by atoms with E-state index < -0.39 is 5.41 Å². The van der Waals surface area contributed by atoms with Gasteiger partial charge in [0.25, 0.3) is 0 Å². The van der Waals surface area contributed by atoms with E-state index in [1.165, 1.54) is 24.0 Å². The van der Waals surface area contributed by atoms with Crippen molar-refractivity contribution < 1.29 is 9.47 Å². The summed E-state index contributed by atoms with van der Waals surface area (Å²) in [5.41, 5.74) is 6.31. The van der Waals surface area contributed by atoms with E-state index in [1.54, 1.807) is 0 Å². The van der Waals surface area contributed by atoms with Gasteiger partial charge in [0, 0.05) is 11.8 Å². The Bertz CT molecular complexity index is 1240. The van der Waals surface area contributed by atoms with Gasteiger partial charge in [0.15, 0.2) is 18.2 Å². The monoisotopic (exact) mass is 425 g/mol. The van der Waals surface area contributed by atoms with Gasteiger partial charge < -0.3 is 9.47 Å². The van der Waals surface area contributed by atoms with Gasteiger partial charge in [-0.25, -0.2) is 9.50 Å². The lowest BCUT2D eigenvalue weighted by atomic mass is 9.78. The maximum Gasteiger partial charge on any atom is 0.174 e. The number of aromatic nitrogens is 3. The summed E-state index contributed by atoms with van der Waals surface area (Å²) in [6, 6.07) is 21.4. The third-order valence-corrected chi connectivity index (χ3v) is 6.82. The SMILES string of the molecule is CC1OC(C(C)(Cc2ccccc2)c2ccnc3c(-c4ccc(C5CC5)cc4)cnn23)O1. The van der Waals surface area contributed by atoms with Crippen LogP contribution in [0.25, 0.3) is 16.8 Å². The average molecular weight is 426 g/mol. The van der Waals surface area contributed by atoms with Crippen molar-refractivity contribution in [2.45, 2.75) is 57.0 Å². The van der Waals surface area contributed by atoms with Gasteiger partial charge in [0.05, 0.1) is 17.3 Å². The van der Waals surface area contributed by atoms with Crippen molar-refractivity contribution in [3.63, 3.8) is 0 Å².